The van der Waals surface area contributed by atoms with Crippen molar-refractivity contribution in [3.63, 3.8) is 0 Å². The summed E-state index contributed by atoms with van der Waals surface area (Å²) in [4.78, 5) is 25.1. The van der Waals surface area contributed by atoms with Crippen molar-refractivity contribution in [2.45, 2.75) is 13.0 Å². The molecule has 3 rings (SSSR count). The second-order valence-corrected chi connectivity index (χ2v) is 6.02. The van der Waals surface area contributed by atoms with Crippen LogP contribution in [0.4, 0.5) is 4.39 Å². The molecule has 5 nitrogen and oxygen atoms in total. The minimum absolute atomic E-state index is 0. The van der Waals surface area contributed by atoms with Gasteiger partial charge in [-0.3, -0.25) is 9.59 Å². The summed E-state index contributed by atoms with van der Waals surface area (Å²) in [6.07, 6.45) is 0.476. The first-order valence-electron chi connectivity index (χ1n) is 8.02. The van der Waals surface area contributed by atoms with Crippen LogP contribution < -0.4 is 4.74 Å². The molecule has 2 aromatic rings. The second-order valence-electron chi connectivity index (χ2n) is 6.02. The van der Waals surface area contributed by atoms with Crippen molar-refractivity contribution in [3.8, 4) is 5.75 Å². The number of amides is 1. The average Bonchev–Trinajstić information content (AvgIpc) is 3.10. The predicted octanol–water partition coefficient (Wildman–Crippen LogP) is 3.37. The summed E-state index contributed by atoms with van der Waals surface area (Å²) < 4.78 is 18.7. The third kappa shape index (κ3) is 4.73. The number of likely N-dealkylation sites (tertiary alicyclic amines) is 1. The molecule has 1 amide bonds. The maximum Gasteiger partial charge on any atom is 0.308 e. The topological polar surface area (TPSA) is 66.8 Å². The molecular weight excluding hydrogens is 361 g/mol. The Bertz CT molecular complexity index is 799. The van der Waals surface area contributed by atoms with Crippen LogP contribution in [0.3, 0.4) is 0 Å². The van der Waals surface area contributed by atoms with Crippen LogP contribution in [-0.2, 0) is 11.4 Å². The van der Waals surface area contributed by atoms with Gasteiger partial charge >= 0.3 is 5.97 Å². The second kappa shape index (κ2) is 8.67. The van der Waals surface area contributed by atoms with Gasteiger partial charge in [-0.25, -0.2) is 4.39 Å². The number of nitrogens with zero attached hydrogens (tertiary/aromatic N) is 1. The van der Waals surface area contributed by atoms with Crippen molar-refractivity contribution in [1.82, 2.24) is 4.90 Å². The van der Waals surface area contributed by atoms with Crippen LogP contribution in [-0.4, -0.2) is 35.0 Å². The molecule has 1 aliphatic heterocycles. The fourth-order valence-electron chi connectivity index (χ4n) is 2.85. The van der Waals surface area contributed by atoms with Gasteiger partial charge in [0.25, 0.3) is 5.91 Å². The molecule has 26 heavy (non-hydrogen) atoms. The highest BCUT2D eigenvalue weighted by molar-refractivity contribution is 5.95. The molecule has 7 heteroatoms. The van der Waals surface area contributed by atoms with Gasteiger partial charge in [0, 0.05) is 24.7 Å². The predicted molar refractivity (Wildman–Crippen MR) is 96.1 cm³/mol. The quantitative estimate of drug-likeness (QED) is 0.864. The summed E-state index contributed by atoms with van der Waals surface area (Å²) in [7, 11) is 0. The number of benzene rings is 2. The van der Waals surface area contributed by atoms with Crippen LogP contribution in [0.1, 0.15) is 22.3 Å². The lowest BCUT2D eigenvalue weighted by molar-refractivity contribution is -0.141. The number of aliphatic carboxylic acids is 1. The Morgan fingerprint density at radius 1 is 1.19 bits per heavy atom. The Morgan fingerprint density at radius 3 is 2.65 bits per heavy atom. The summed E-state index contributed by atoms with van der Waals surface area (Å²) in [5.74, 6) is -1.50. The van der Waals surface area contributed by atoms with E-state index in [2.05, 4.69) is 0 Å². The molecule has 1 fully saturated rings. The summed E-state index contributed by atoms with van der Waals surface area (Å²) in [5, 5.41) is 9.04. The first kappa shape index (κ1) is 19.7. The Morgan fingerprint density at radius 2 is 1.96 bits per heavy atom. The standard InChI is InChI=1S/C19H18FNO4.ClH/c20-16-5-2-6-17(10-16)25-12-13-3-1-4-14(9-13)18(22)21-8-7-15(11-21)19(23)24;/h1-6,9-10,15H,7-8,11-12H2,(H,23,24);1H. The maximum atomic E-state index is 13.2. The fraction of sp³-hybridized carbons (Fsp3) is 0.263. The number of halogens is 2. The van der Waals surface area contributed by atoms with Gasteiger partial charge in [0.2, 0.25) is 0 Å². The van der Waals surface area contributed by atoms with E-state index in [1.54, 1.807) is 35.2 Å². The molecule has 1 aliphatic rings. The molecule has 2 aromatic carbocycles. The zero-order chi connectivity index (χ0) is 17.8. The number of carboxylic acids is 1. The Hall–Kier alpha value is -2.60. The molecule has 1 heterocycles. The van der Waals surface area contributed by atoms with E-state index in [4.69, 9.17) is 9.84 Å². The van der Waals surface area contributed by atoms with Crippen LogP contribution in [0, 0.1) is 11.7 Å². The summed E-state index contributed by atoms with van der Waals surface area (Å²) in [6.45, 7) is 0.889. The van der Waals surface area contributed by atoms with Gasteiger partial charge in [0.1, 0.15) is 18.2 Å². The summed E-state index contributed by atoms with van der Waals surface area (Å²) in [6, 6.07) is 12.9. The summed E-state index contributed by atoms with van der Waals surface area (Å²) in [5.41, 5.74) is 1.27. The van der Waals surface area contributed by atoms with Crippen molar-refractivity contribution in [2.75, 3.05) is 13.1 Å². The molecule has 0 saturated carbocycles. The van der Waals surface area contributed by atoms with Crippen molar-refractivity contribution in [3.05, 3.63) is 65.5 Å². The molecule has 0 aliphatic carbocycles. The van der Waals surface area contributed by atoms with Crippen LogP contribution in [0.2, 0.25) is 0 Å². The number of rotatable bonds is 5. The van der Waals surface area contributed by atoms with Crippen LogP contribution in [0.5, 0.6) is 5.75 Å². The van der Waals surface area contributed by atoms with E-state index < -0.39 is 11.9 Å². The lowest BCUT2D eigenvalue weighted by Crippen LogP contribution is -2.30. The minimum Gasteiger partial charge on any atom is -0.489 e. The normalized spacial score (nSPS) is 16.0. The van der Waals surface area contributed by atoms with Gasteiger partial charge < -0.3 is 14.7 Å². The van der Waals surface area contributed by atoms with Crippen LogP contribution in [0.25, 0.3) is 0 Å². The fourth-order valence-corrected chi connectivity index (χ4v) is 2.85. The number of hydrogen-bond donors (Lipinski definition) is 1. The highest BCUT2D eigenvalue weighted by Crippen LogP contribution is 2.20. The van der Waals surface area contributed by atoms with Crippen molar-refractivity contribution in [1.29, 1.82) is 0 Å². The number of carbonyl (C=O) groups is 2. The molecule has 0 spiro atoms. The maximum absolute atomic E-state index is 13.2. The first-order chi connectivity index (χ1) is 12.0. The van der Waals surface area contributed by atoms with Crippen LogP contribution >= 0.6 is 12.4 Å². The average molecular weight is 380 g/mol. The van der Waals surface area contributed by atoms with Gasteiger partial charge in [0.15, 0.2) is 0 Å². The van der Waals surface area contributed by atoms with Crippen molar-refractivity contribution in [2.24, 2.45) is 5.92 Å². The van der Waals surface area contributed by atoms with Crippen LogP contribution in [0.15, 0.2) is 48.5 Å². The van der Waals surface area contributed by atoms with Gasteiger partial charge in [-0.2, -0.15) is 0 Å². The van der Waals surface area contributed by atoms with Gasteiger partial charge in [-0.1, -0.05) is 18.2 Å². The summed E-state index contributed by atoms with van der Waals surface area (Å²) >= 11 is 0. The SMILES string of the molecule is Cl.O=C(O)C1CCN(C(=O)c2cccc(COc3cccc(F)c3)c2)C1. The van der Waals surface area contributed by atoms with E-state index in [9.17, 15) is 14.0 Å². The molecule has 138 valence electrons. The lowest BCUT2D eigenvalue weighted by atomic mass is 10.1. The number of ether oxygens (including phenoxy) is 1. The van der Waals surface area contributed by atoms with E-state index >= 15 is 0 Å². The zero-order valence-corrected chi connectivity index (χ0v) is 14.7. The Balaban J connectivity index is 0.00000243. The van der Waals surface area contributed by atoms with Crippen molar-refractivity contribution < 1.29 is 23.8 Å². The smallest absolute Gasteiger partial charge is 0.308 e. The number of carbonyl (C=O) groups excluding carboxylic acids is 1. The van der Waals surface area contributed by atoms with E-state index in [0.717, 1.165) is 5.56 Å². The van der Waals surface area contributed by atoms with E-state index in [0.29, 0.717) is 24.3 Å². The van der Waals surface area contributed by atoms with E-state index in [1.165, 1.54) is 12.1 Å². The van der Waals surface area contributed by atoms with Crippen molar-refractivity contribution >= 4 is 24.3 Å². The largest absolute Gasteiger partial charge is 0.489 e. The zero-order valence-electron chi connectivity index (χ0n) is 13.9. The highest BCUT2D eigenvalue weighted by Gasteiger charge is 2.31. The molecule has 0 bridgehead atoms. The highest BCUT2D eigenvalue weighted by atomic mass is 35.5. The Labute approximate surface area is 156 Å². The van der Waals surface area contributed by atoms with E-state index in [1.807, 2.05) is 6.07 Å². The third-order valence-electron chi connectivity index (χ3n) is 4.20. The lowest BCUT2D eigenvalue weighted by Gasteiger charge is -2.16. The molecule has 0 radical (unpaired) electrons. The number of carboxylic acid groups (broad SMARTS) is 1. The number of hydrogen-bond acceptors (Lipinski definition) is 3. The van der Waals surface area contributed by atoms with Gasteiger partial charge in [-0.05, 0) is 36.2 Å². The Kier molecular flexibility index (Phi) is 6.58. The molecule has 1 saturated heterocycles. The minimum atomic E-state index is -0.868. The third-order valence-corrected chi connectivity index (χ3v) is 4.20. The molecular formula is C19H19ClFNO4. The van der Waals surface area contributed by atoms with E-state index in [-0.39, 0.29) is 37.3 Å². The monoisotopic (exact) mass is 379 g/mol. The van der Waals surface area contributed by atoms with Gasteiger partial charge in [0.05, 0.1) is 5.92 Å². The molecule has 1 N–H and O–H groups in total. The first-order valence-corrected chi connectivity index (χ1v) is 8.02. The van der Waals surface area contributed by atoms with Gasteiger partial charge in [-0.15, -0.1) is 12.4 Å². The molecule has 1 unspecified atom stereocenters. The molecule has 0 aromatic heterocycles. The molecule has 1 atom stereocenters.